The average molecular weight is 448 g/mol. The van der Waals surface area contributed by atoms with Crippen LogP contribution in [0.5, 0.6) is 0 Å². The van der Waals surface area contributed by atoms with Crippen LogP contribution in [0, 0.1) is 20.2 Å². The van der Waals surface area contributed by atoms with Crippen molar-refractivity contribution in [2.45, 2.75) is 37.0 Å². The van der Waals surface area contributed by atoms with Crippen LogP contribution in [0.25, 0.3) is 0 Å². The molecular weight excluding hydrogens is 428 g/mol. The molecule has 0 aliphatic carbocycles. The lowest BCUT2D eigenvalue weighted by Gasteiger charge is -2.48. The second kappa shape index (κ2) is 9.24. The number of benzene rings is 2. The molecule has 2 unspecified atom stereocenters. The van der Waals surface area contributed by atoms with Crippen molar-refractivity contribution in [3.05, 3.63) is 79.9 Å². The average Bonchev–Trinajstić information content (AvgIpc) is 2.82. The highest BCUT2D eigenvalue weighted by Crippen LogP contribution is 2.41. The van der Waals surface area contributed by atoms with E-state index in [-0.39, 0.29) is 11.4 Å². The second-order valence-electron chi connectivity index (χ2n) is 7.28. The van der Waals surface area contributed by atoms with E-state index in [4.69, 9.17) is 18.9 Å². The molecule has 12 nitrogen and oxygen atoms in total. The van der Waals surface area contributed by atoms with E-state index in [1.165, 1.54) is 36.4 Å². The molecule has 2 fully saturated rings. The quantitative estimate of drug-likeness (QED) is 0.491. The van der Waals surface area contributed by atoms with E-state index in [0.717, 1.165) is 0 Å². The monoisotopic (exact) mass is 448 g/mol. The van der Waals surface area contributed by atoms with Gasteiger partial charge in [-0.25, -0.2) is 0 Å². The van der Waals surface area contributed by atoms with Gasteiger partial charge in [0, 0.05) is 35.4 Å². The molecule has 0 saturated carbocycles. The molecule has 2 aromatic rings. The molecule has 2 aliphatic rings. The minimum atomic E-state index is -1.07. The Morgan fingerprint density at radius 3 is 1.47 bits per heavy atom. The number of rotatable bonds is 6. The number of nitro benzene ring substituents is 2. The molecule has 0 bridgehead atoms. The summed E-state index contributed by atoms with van der Waals surface area (Å²) in [5.41, 5.74) is 0.401. The Morgan fingerprint density at radius 1 is 0.719 bits per heavy atom. The van der Waals surface area contributed by atoms with Crippen molar-refractivity contribution in [1.82, 2.24) is 0 Å². The zero-order valence-corrected chi connectivity index (χ0v) is 16.6. The van der Waals surface area contributed by atoms with Crippen molar-refractivity contribution in [2.75, 3.05) is 13.2 Å². The zero-order valence-electron chi connectivity index (χ0n) is 16.6. The van der Waals surface area contributed by atoms with Crippen LogP contribution >= 0.6 is 0 Å². The van der Waals surface area contributed by atoms with Crippen molar-refractivity contribution in [2.24, 2.45) is 0 Å². The zero-order chi connectivity index (χ0) is 22.8. The molecular formula is C20H20N2O10. The minimum absolute atomic E-state index is 0.155. The van der Waals surface area contributed by atoms with Crippen LogP contribution in [0.2, 0.25) is 0 Å². The standard InChI is InChI=1S/C20H20N2O10/c23-9-15-18-17(31-19(29-15)11-3-1-5-13(7-11)21(25)26)16(10-24)30-20(32-18)12-4-2-6-14(8-12)22(27)28/h1-8,15-20,23-24H,9-10H2/t15-,16+,17-,18-,19?,20?/m1/s1. The van der Waals surface area contributed by atoms with Gasteiger partial charge in [-0.1, -0.05) is 24.3 Å². The third kappa shape index (κ3) is 4.32. The summed E-state index contributed by atoms with van der Waals surface area (Å²) in [6.45, 7) is -0.925. The third-order valence-electron chi connectivity index (χ3n) is 5.28. The Kier molecular flexibility index (Phi) is 6.41. The second-order valence-corrected chi connectivity index (χ2v) is 7.28. The SMILES string of the molecule is O=[N+]([O-])c1cccc(C2O[C@H]3[C@H](OC(c4cccc([N+](=O)[O-])c4)O[C@@H]3CO)[C@H](CO)O2)c1. The molecule has 32 heavy (non-hydrogen) atoms. The van der Waals surface area contributed by atoms with Gasteiger partial charge in [0.15, 0.2) is 12.6 Å². The van der Waals surface area contributed by atoms with E-state index < -0.39 is 60.1 Å². The Labute approximate surface area is 181 Å². The first-order chi connectivity index (χ1) is 15.4. The number of aliphatic hydroxyl groups excluding tert-OH is 2. The molecule has 2 heterocycles. The highest BCUT2D eigenvalue weighted by molar-refractivity contribution is 5.36. The van der Waals surface area contributed by atoms with Crippen LogP contribution in [-0.4, -0.2) is 57.7 Å². The normalized spacial score (nSPS) is 29.8. The fraction of sp³-hybridized carbons (Fsp3) is 0.400. The highest BCUT2D eigenvalue weighted by atomic mass is 16.8. The lowest BCUT2D eigenvalue weighted by atomic mass is 9.98. The van der Waals surface area contributed by atoms with Gasteiger partial charge in [0.25, 0.3) is 11.4 Å². The maximum atomic E-state index is 11.1. The van der Waals surface area contributed by atoms with Gasteiger partial charge in [-0.05, 0) is 0 Å². The summed E-state index contributed by atoms with van der Waals surface area (Å²) in [5.74, 6) is 0. The molecule has 0 spiro atoms. The molecule has 6 atom stereocenters. The van der Waals surface area contributed by atoms with Crippen LogP contribution in [0.1, 0.15) is 23.7 Å². The van der Waals surface area contributed by atoms with Gasteiger partial charge in [-0.3, -0.25) is 20.2 Å². The van der Waals surface area contributed by atoms with E-state index in [1.54, 1.807) is 12.1 Å². The number of non-ortho nitro benzene ring substituents is 2. The minimum Gasteiger partial charge on any atom is -0.394 e. The van der Waals surface area contributed by atoms with Gasteiger partial charge in [-0.15, -0.1) is 0 Å². The van der Waals surface area contributed by atoms with E-state index in [2.05, 4.69) is 0 Å². The number of ether oxygens (including phenoxy) is 4. The summed E-state index contributed by atoms with van der Waals surface area (Å²) in [5, 5.41) is 42.0. The lowest BCUT2D eigenvalue weighted by molar-refractivity contribution is -0.390. The van der Waals surface area contributed by atoms with E-state index in [0.29, 0.717) is 11.1 Å². The predicted molar refractivity (Wildman–Crippen MR) is 105 cm³/mol. The summed E-state index contributed by atoms with van der Waals surface area (Å²) in [6.07, 6.45) is -5.68. The Morgan fingerprint density at radius 2 is 1.12 bits per heavy atom. The van der Waals surface area contributed by atoms with Crippen molar-refractivity contribution in [1.29, 1.82) is 0 Å². The van der Waals surface area contributed by atoms with Crippen molar-refractivity contribution in [3.8, 4) is 0 Å². The summed E-state index contributed by atoms with van der Waals surface area (Å²) in [7, 11) is 0. The fourth-order valence-electron chi connectivity index (χ4n) is 3.75. The van der Waals surface area contributed by atoms with Gasteiger partial charge in [0.1, 0.15) is 24.4 Å². The Bertz CT molecular complexity index is 922. The molecule has 2 aliphatic heterocycles. The molecule has 0 radical (unpaired) electrons. The van der Waals surface area contributed by atoms with Gasteiger partial charge >= 0.3 is 0 Å². The van der Waals surface area contributed by atoms with E-state index >= 15 is 0 Å². The first kappa shape index (κ1) is 22.2. The summed E-state index contributed by atoms with van der Waals surface area (Å²) >= 11 is 0. The van der Waals surface area contributed by atoms with Crippen molar-refractivity contribution < 1.29 is 39.0 Å². The maximum absolute atomic E-state index is 11.1. The Balaban J connectivity index is 1.60. The van der Waals surface area contributed by atoms with Crippen LogP contribution in [-0.2, 0) is 18.9 Å². The summed E-state index contributed by atoms with van der Waals surface area (Å²) in [6, 6.07) is 11.4. The summed E-state index contributed by atoms with van der Waals surface area (Å²) in [4.78, 5) is 21.1. The number of hydrogen-bond donors (Lipinski definition) is 2. The largest absolute Gasteiger partial charge is 0.394 e. The maximum Gasteiger partial charge on any atom is 0.269 e. The topological polar surface area (TPSA) is 164 Å². The van der Waals surface area contributed by atoms with Crippen LogP contribution in [0.3, 0.4) is 0 Å². The molecule has 0 aromatic heterocycles. The lowest BCUT2D eigenvalue weighted by Crippen LogP contribution is -2.59. The van der Waals surface area contributed by atoms with Gasteiger partial charge in [-0.2, -0.15) is 0 Å². The van der Waals surface area contributed by atoms with Crippen LogP contribution in [0.15, 0.2) is 48.5 Å². The molecule has 12 heteroatoms. The first-order valence-corrected chi connectivity index (χ1v) is 9.73. The van der Waals surface area contributed by atoms with Gasteiger partial charge < -0.3 is 29.2 Å². The summed E-state index contributed by atoms with van der Waals surface area (Å²) < 4.78 is 23.4. The van der Waals surface area contributed by atoms with Gasteiger partial charge in [0.05, 0.1) is 23.1 Å². The van der Waals surface area contributed by atoms with E-state index in [9.17, 15) is 30.4 Å². The van der Waals surface area contributed by atoms with Crippen molar-refractivity contribution in [3.63, 3.8) is 0 Å². The number of fused-ring (bicyclic) bond motifs is 1. The van der Waals surface area contributed by atoms with E-state index in [1.807, 2.05) is 0 Å². The molecule has 2 aromatic carbocycles. The Hall–Kier alpha value is -3.00. The first-order valence-electron chi connectivity index (χ1n) is 9.73. The molecule has 170 valence electrons. The molecule has 2 saturated heterocycles. The predicted octanol–water partition coefficient (Wildman–Crippen LogP) is 1.75. The fourth-order valence-corrected chi connectivity index (χ4v) is 3.75. The van der Waals surface area contributed by atoms with Gasteiger partial charge in [0.2, 0.25) is 0 Å². The highest BCUT2D eigenvalue weighted by Gasteiger charge is 2.50. The smallest absolute Gasteiger partial charge is 0.269 e. The number of nitro groups is 2. The number of hydrogen-bond acceptors (Lipinski definition) is 10. The molecule has 0 amide bonds. The number of nitrogens with zero attached hydrogens (tertiary/aromatic N) is 2. The third-order valence-corrected chi connectivity index (χ3v) is 5.28. The van der Waals surface area contributed by atoms with Crippen LogP contribution < -0.4 is 0 Å². The number of aliphatic hydroxyl groups is 2. The molecule has 2 N–H and O–H groups in total. The van der Waals surface area contributed by atoms with Crippen molar-refractivity contribution >= 4 is 11.4 Å². The molecule has 4 rings (SSSR count). The van der Waals surface area contributed by atoms with Crippen LogP contribution in [0.4, 0.5) is 11.4 Å².